The van der Waals surface area contributed by atoms with Gasteiger partial charge in [-0.15, -0.1) is 0 Å². The Labute approximate surface area is 145 Å². The SMILES string of the molecule is CC1CN(CCCN=C(N)Nc2ccc3c(c2)CCC3)CC(C)O1. The quantitative estimate of drug-likeness (QED) is 0.494. The summed E-state index contributed by atoms with van der Waals surface area (Å²) in [6.45, 7) is 8.10. The fraction of sp³-hybridized carbons (Fsp3) is 0.632. The molecule has 1 saturated heterocycles. The predicted molar refractivity (Wildman–Crippen MR) is 99.6 cm³/mol. The van der Waals surface area contributed by atoms with E-state index in [9.17, 15) is 0 Å². The molecule has 3 rings (SSSR count). The van der Waals surface area contributed by atoms with E-state index >= 15 is 0 Å². The van der Waals surface area contributed by atoms with Crippen molar-refractivity contribution in [3.63, 3.8) is 0 Å². The molecule has 0 bridgehead atoms. The van der Waals surface area contributed by atoms with Crippen LogP contribution in [0, 0.1) is 0 Å². The van der Waals surface area contributed by atoms with Gasteiger partial charge in [-0.2, -0.15) is 0 Å². The average molecular weight is 330 g/mol. The minimum atomic E-state index is 0.323. The van der Waals surface area contributed by atoms with E-state index in [1.807, 2.05) is 0 Å². The van der Waals surface area contributed by atoms with E-state index in [0.29, 0.717) is 18.2 Å². The van der Waals surface area contributed by atoms with Crippen molar-refractivity contribution in [1.82, 2.24) is 4.90 Å². The highest BCUT2D eigenvalue weighted by Crippen LogP contribution is 2.24. The maximum absolute atomic E-state index is 6.02. The number of nitrogens with two attached hydrogens (primary N) is 1. The number of morpholine rings is 1. The van der Waals surface area contributed by atoms with Crippen LogP contribution in [-0.2, 0) is 17.6 Å². The Kier molecular flexibility index (Phi) is 5.74. The molecule has 5 heteroatoms. The van der Waals surface area contributed by atoms with E-state index in [1.165, 1.54) is 30.4 Å². The van der Waals surface area contributed by atoms with E-state index in [-0.39, 0.29) is 0 Å². The van der Waals surface area contributed by atoms with Crippen molar-refractivity contribution >= 4 is 11.6 Å². The van der Waals surface area contributed by atoms with Gasteiger partial charge in [0.15, 0.2) is 5.96 Å². The van der Waals surface area contributed by atoms with Gasteiger partial charge in [-0.05, 0) is 62.8 Å². The maximum atomic E-state index is 6.02. The zero-order valence-electron chi connectivity index (χ0n) is 14.9. The van der Waals surface area contributed by atoms with Crippen molar-refractivity contribution in [1.29, 1.82) is 0 Å². The zero-order chi connectivity index (χ0) is 16.9. The summed E-state index contributed by atoms with van der Waals surface area (Å²) in [5.74, 6) is 0.511. The number of rotatable bonds is 5. The molecule has 3 N–H and O–H groups in total. The van der Waals surface area contributed by atoms with Crippen molar-refractivity contribution in [3.8, 4) is 0 Å². The number of fused-ring (bicyclic) bond motifs is 1. The Bertz CT molecular complexity index is 577. The smallest absolute Gasteiger partial charge is 0.193 e. The molecule has 0 spiro atoms. The second kappa shape index (κ2) is 7.99. The van der Waals surface area contributed by atoms with Crippen molar-refractivity contribution in [2.75, 3.05) is 31.5 Å². The summed E-state index contributed by atoms with van der Waals surface area (Å²) >= 11 is 0. The number of guanidine groups is 1. The number of hydrogen-bond donors (Lipinski definition) is 2. The van der Waals surface area contributed by atoms with Crippen molar-refractivity contribution in [2.45, 2.75) is 51.7 Å². The molecule has 2 atom stereocenters. The second-order valence-corrected chi connectivity index (χ2v) is 7.10. The number of nitrogens with zero attached hydrogens (tertiary/aromatic N) is 2. The molecule has 1 aromatic rings. The summed E-state index contributed by atoms with van der Waals surface area (Å²) in [6, 6.07) is 6.52. The number of ether oxygens (including phenoxy) is 1. The van der Waals surface area contributed by atoms with Crippen LogP contribution in [0.25, 0.3) is 0 Å². The van der Waals surface area contributed by atoms with Gasteiger partial charge in [0.25, 0.3) is 0 Å². The van der Waals surface area contributed by atoms with Crippen molar-refractivity contribution in [3.05, 3.63) is 29.3 Å². The Hall–Kier alpha value is -1.59. The number of benzene rings is 1. The molecule has 0 aromatic heterocycles. The molecule has 1 fully saturated rings. The van der Waals surface area contributed by atoms with Crippen LogP contribution in [-0.4, -0.2) is 49.2 Å². The van der Waals surface area contributed by atoms with Gasteiger partial charge in [0, 0.05) is 31.9 Å². The van der Waals surface area contributed by atoms with E-state index < -0.39 is 0 Å². The number of aliphatic imine (C=N–C) groups is 1. The normalized spacial score (nSPS) is 24.8. The van der Waals surface area contributed by atoms with Crippen LogP contribution in [0.5, 0.6) is 0 Å². The molecule has 0 radical (unpaired) electrons. The standard InChI is InChI=1S/C19H30N4O/c1-14-12-23(13-15(2)24-14)10-4-9-21-19(20)22-18-8-7-16-5-3-6-17(16)11-18/h7-8,11,14-15H,3-6,9-10,12-13H2,1-2H3,(H3,20,21,22). The van der Waals surface area contributed by atoms with Crippen molar-refractivity contribution in [2.24, 2.45) is 10.7 Å². The lowest BCUT2D eigenvalue weighted by Crippen LogP contribution is -2.45. The average Bonchev–Trinajstić information content (AvgIpc) is 2.98. The van der Waals surface area contributed by atoms with Crippen molar-refractivity contribution < 1.29 is 4.74 Å². The molecule has 1 aliphatic carbocycles. The molecule has 2 unspecified atom stereocenters. The first-order valence-electron chi connectivity index (χ1n) is 9.16. The molecule has 1 aliphatic heterocycles. The third kappa shape index (κ3) is 4.71. The minimum absolute atomic E-state index is 0.323. The summed E-state index contributed by atoms with van der Waals surface area (Å²) in [5.41, 5.74) is 9.99. The monoisotopic (exact) mass is 330 g/mol. The highest BCUT2D eigenvalue weighted by Gasteiger charge is 2.21. The number of aryl methyl sites for hydroxylation is 2. The fourth-order valence-corrected chi connectivity index (χ4v) is 3.80. The largest absolute Gasteiger partial charge is 0.373 e. The van der Waals surface area contributed by atoms with Gasteiger partial charge >= 0.3 is 0 Å². The van der Waals surface area contributed by atoms with Gasteiger partial charge in [0.1, 0.15) is 0 Å². The molecule has 5 nitrogen and oxygen atoms in total. The molecule has 132 valence electrons. The van der Waals surface area contributed by atoms with Gasteiger partial charge in [0.05, 0.1) is 12.2 Å². The van der Waals surface area contributed by atoms with E-state index in [4.69, 9.17) is 10.5 Å². The predicted octanol–water partition coefficient (Wildman–Crippen LogP) is 2.40. The highest BCUT2D eigenvalue weighted by molar-refractivity contribution is 5.92. The van der Waals surface area contributed by atoms with Crippen LogP contribution in [0.3, 0.4) is 0 Å². The van der Waals surface area contributed by atoms with Crippen LogP contribution in [0.2, 0.25) is 0 Å². The summed E-state index contributed by atoms with van der Waals surface area (Å²) in [7, 11) is 0. The van der Waals surface area contributed by atoms with E-state index in [2.05, 4.69) is 47.3 Å². The molecule has 0 amide bonds. The lowest BCUT2D eigenvalue weighted by molar-refractivity contribution is -0.0679. The maximum Gasteiger partial charge on any atom is 0.193 e. The van der Waals surface area contributed by atoms with Crippen LogP contribution in [0.15, 0.2) is 23.2 Å². The van der Waals surface area contributed by atoms with Gasteiger partial charge in [-0.3, -0.25) is 9.89 Å². The Balaban J connectivity index is 1.41. The highest BCUT2D eigenvalue weighted by atomic mass is 16.5. The molecule has 1 aromatic carbocycles. The molecule has 0 saturated carbocycles. The second-order valence-electron chi connectivity index (χ2n) is 7.10. The molecule has 2 aliphatic rings. The van der Waals surface area contributed by atoms with Gasteiger partial charge in [-0.25, -0.2) is 0 Å². The fourth-order valence-electron chi connectivity index (χ4n) is 3.80. The zero-order valence-corrected chi connectivity index (χ0v) is 14.9. The first-order chi connectivity index (χ1) is 11.6. The Morgan fingerprint density at radius 1 is 1.25 bits per heavy atom. The van der Waals surface area contributed by atoms with Crippen LogP contribution < -0.4 is 11.1 Å². The summed E-state index contributed by atoms with van der Waals surface area (Å²) < 4.78 is 5.76. The molecular formula is C19H30N4O. The summed E-state index contributed by atoms with van der Waals surface area (Å²) in [4.78, 5) is 6.92. The molecule has 1 heterocycles. The third-order valence-corrected chi connectivity index (χ3v) is 4.78. The van der Waals surface area contributed by atoms with E-state index in [1.54, 1.807) is 0 Å². The van der Waals surface area contributed by atoms with E-state index in [0.717, 1.165) is 38.3 Å². The van der Waals surface area contributed by atoms with Gasteiger partial charge in [0.2, 0.25) is 0 Å². The summed E-state index contributed by atoms with van der Waals surface area (Å²) in [6.07, 6.45) is 5.32. The Morgan fingerprint density at radius 2 is 2.00 bits per heavy atom. The number of anilines is 1. The first kappa shape index (κ1) is 17.2. The topological polar surface area (TPSA) is 62.9 Å². The minimum Gasteiger partial charge on any atom is -0.373 e. The van der Waals surface area contributed by atoms with Gasteiger partial charge < -0.3 is 15.8 Å². The van der Waals surface area contributed by atoms with Crippen LogP contribution in [0.4, 0.5) is 5.69 Å². The van der Waals surface area contributed by atoms with Crippen LogP contribution in [0.1, 0.15) is 37.8 Å². The molecular weight excluding hydrogens is 300 g/mol. The number of hydrogen-bond acceptors (Lipinski definition) is 3. The third-order valence-electron chi connectivity index (χ3n) is 4.78. The lowest BCUT2D eigenvalue weighted by Gasteiger charge is -2.35. The van der Waals surface area contributed by atoms with Gasteiger partial charge in [-0.1, -0.05) is 6.07 Å². The lowest BCUT2D eigenvalue weighted by atomic mass is 10.1. The summed E-state index contributed by atoms with van der Waals surface area (Å²) in [5, 5.41) is 3.22. The molecule has 24 heavy (non-hydrogen) atoms. The first-order valence-corrected chi connectivity index (χ1v) is 9.16. The number of nitrogens with one attached hydrogen (secondary N) is 1. The Morgan fingerprint density at radius 3 is 2.79 bits per heavy atom. The van der Waals surface area contributed by atoms with Crippen LogP contribution >= 0.6 is 0 Å².